The molecular formula is C16H17FN4O2. The van der Waals surface area contributed by atoms with Crippen molar-refractivity contribution in [3.63, 3.8) is 0 Å². The number of hydrogen-bond acceptors (Lipinski definition) is 5. The molecule has 120 valence electrons. The van der Waals surface area contributed by atoms with Crippen LogP contribution in [0.3, 0.4) is 0 Å². The molecule has 0 aliphatic rings. The molecule has 1 aromatic carbocycles. The Morgan fingerprint density at radius 1 is 1.48 bits per heavy atom. The van der Waals surface area contributed by atoms with Crippen molar-refractivity contribution in [2.75, 3.05) is 13.6 Å². The van der Waals surface area contributed by atoms with Gasteiger partial charge in [0.15, 0.2) is 0 Å². The lowest BCUT2D eigenvalue weighted by molar-refractivity contribution is -0.129. The zero-order valence-electron chi connectivity index (χ0n) is 13.0. The first-order valence-electron chi connectivity index (χ1n) is 7.21. The molecule has 1 heterocycles. The van der Waals surface area contributed by atoms with E-state index in [1.165, 1.54) is 11.0 Å². The predicted molar refractivity (Wildman–Crippen MR) is 80.6 cm³/mol. The fourth-order valence-corrected chi connectivity index (χ4v) is 1.95. The highest BCUT2D eigenvalue weighted by atomic mass is 19.1. The molecule has 0 unspecified atom stereocenters. The Kier molecular flexibility index (Phi) is 5.41. The van der Waals surface area contributed by atoms with Gasteiger partial charge in [-0.15, -0.1) is 0 Å². The van der Waals surface area contributed by atoms with Crippen LogP contribution in [0.5, 0.6) is 0 Å². The minimum atomic E-state index is -0.330. The highest BCUT2D eigenvalue weighted by Crippen LogP contribution is 2.19. The van der Waals surface area contributed by atoms with E-state index in [1.54, 1.807) is 26.1 Å². The van der Waals surface area contributed by atoms with Gasteiger partial charge in [-0.05, 0) is 18.6 Å². The van der Waals surface area contributed by atoms with Crippen LogP contribution in [-0.4, -0.2) is 34.5 Å². The second-order valence-corrected chi connectivity index (χ2v) is 5.20. The van der Waals surface area contributed by atoms with Crippen LogP contribution in [0.4, 0.5) is 4.39 Å². The van der Waals surface area contributed by atoms with E-state index in [-0.39, 0.29) is 18.1 Å². The lowest BCUT2D eigenvalue weighted by Gasteiger charge is -2.14. The Labute approximate surface area is 133 Å². The highest BCUT2D eigenvalue weighted by Gasteiger charge is 2.13. The van der Waals surface area contributed by atoms with Crippen LogP contribution in [0, 0.1) is 24.1 Å². The predicted octanol–water partition coefficient (Wildman–Crippen LogP) is 2.49. The number of amides is 1. The molecule has 0 saturated carbocycles. The Morgan fingerprint density at radius 2 is 2.26 bits per heavy atom. The van der Waals surface area contributed by atoms with E-state index in [2.05, 4.69) is 10.1 Å². The zero-order valence-corrected chi connectivity index (χ0v) is 13.0. The van der Waals surface area contributed by atoms with Crippen LogP contribution in [0.1, 0.15) is 24.3 Å². The Hall–Kier alpha value is -2.75. The van der Waals surface area contributed by atoms with Gasteiger partial charge in [0, 0.05) is 32.0 Å². The molecule has 0 aliphatic heterocycles. The van der Waals surface area contributed by atoms with Crippen LogP contribution >= 0.6 is 0 Å². The van der Waals surface area contributed by atoms with Crippen molar-refractivity contribution in [1.82, 2.24) is 15.0 Å². The second kappa shape index (κ2) is 7.49. The van der Waals surface area contributed by atoms with Crippen molar-refractivity contribution in [1.29, 1.82) is 5.26 Å². The summed E-state index contributed by atoms with van der Waals surface area (Å²) in [7, 11) is 1.65. The number of halogens is 1. The van der Waals surface area contributed by atoms with Crippen LogP contribution < -0.4 is 0 Å². The van der Waals surface area contributed by atoms with Gasteiger partial charge >= 0.3 is 0 Å². The topological polar surface area (TPSA) is 83.0 Å². The van der Waals surface area contributed by atoms with Gasteiger partial charge in [0.05, 0.1) is 12.5 Å². The molecular weight excluding hydrogens is 299 g/mol. The molecule has 0 N–H and O–H groups in total. The lowest BCUT2D eigenvalue weighted by Crippen LogP contribution is -2.27. The van der Waals surface area contributed by atoms with Crippen molar-refractivity contribution in [3.05, 3.63) is 35.5 Å². The average molecular weight is 316 g/mol. The summed E-state index contributed by atoms with van der Waals surface area (Å²) in [6, 6.07) is 6.71. The summed E-state index contributed by atoms with van der Waals surface area (Å²) in [5.41, 5.74) is 1.07. The summed E-state index contributed by atoms with van der Waals surface area (Å²) in [6.07, 6.45) is 0.814. The maximum atomic E-state index is 13.6. The molecule has 1 amide bonds. The van der Waals surface area contributed by atoms with Crippen molar-refractivity contribution in [2.24, 2.45) is 0 Å². The second-order valence-electron chi connectivity index (χ2n) is 5.20. The van der Waals surface area contributed by atoms with Gasteiger partial charge in [0.2, 0.25) is 17.6 Å². The zero-order chi connectivity index (χ0) is 16.8. The van der Waals surface area contributed by atoms with E-state index in [0.29, 0.717) is 42.2 Å². The number of rotatable bonds is 6. The van der Waals surface area contributed by atoms with Gasteiger partial charge in [0.1, 0.15) is 5.82 Å². The smallest absolute Gasteiger partial charge is 0.227 e. The van der Waals surface area contributed by atoms with Crippen LogP contribution in [0.25, 0.3) is 11.4 Å². The number of nitriles is 1. The van der Waals surface area contributed by atoms with Crippen molar-refractivity contribution in [3.8, 4) is 17.5 Å². The molecule has 0 saturated heterocycles. The summed E-state index contributed by atoms with van der Waals surface area (Å²) in [5, 5.41) is 12.3. The van der Waals surface area contributed by atoms with E-state index >= 15 is 0 Å². The van der Waals surface area contributed by atoms with Gasteiger partial charge in [0.25, 0.3) is 0 Å². The summed E-state index contributed by atoms with van der Waals surface area (Å²) >= 11 is 0. The first-order chi connectivity index (χ1) is 11.0. The summed E-state index contributed by atoms with van der Waals surface area (Å²) in [5.74, 6) is 0.191. The van der Waals surface area contributed by atoms with E-state index in [1.807, 2.05) is 6.07 Å². The standard InChI is InChI=1S/C16H17FN4O2/c1-11-4-5-12(10-13(11)17)16-19-14(23-20-16)6-7-15(22)21(2)9-3-8-18/h4-5,10H,3,6-7,9H2,1-2H3. The Bertz CT molecular complexity index is 736. The van der Waals surface area contributed by atoms with Gasteiger partial charge in [-0.1, -0.05) is 17.3 Å². The SMILES string of the molecule is Cc1ccc(-c2noc(CCC(=O)N(C)CCC#N)n2)cc1F. The summed E-state index contributed by atoms with van der Waals surface area (Å²) < 4.78 is 18.7. The Balaban J connectivity index is 1.96. The molecule has 23 heavy (non-hydrogen) atoms. The van der Waals surface area contributed by atoms with E-state index in [0.717, 1.165) is 0 Å². The van der Waals surface area contributed by atoms with Gasteiger partial charge in [-0.25, -0.2) is 4.39 Å². The fraction of sp³-hybridized carbons (Fsp3) is 0.375. The minimum absolute atomic E-state index is 0.0959. The number of aromatic nitrogens is 2. The van der Waals surface area contributed by atoms with E-state index in [4.69, 9.17) is 9.78 Å². The molecule has 0 fully saturated rings. The van der Waals surface area contributed by atoms with Crippen LogP contribution in [-0.2, 0) is 11.2 Å². The monoisotopic (exact) mass is 316 g/mol. The van der Waals surface area contributed by atoms with Crippen LogP contribution in [0.15, 0.2) is 22.7 Å². The summed E-state index contributed by atoms with van der Waals surface area (Å²) in [6.45, 7) is 2.07. The molecule has 0 spiro atoms. The number of carbonyl (C=O) groups excluding carboxylic acids is 1. The van der Waals surface area contributed by atoms with Gasteiger partial charge < -0.3 is 9.42 Å². The first kappa shape index (κ1) is 16.6. The average Bonchev–Trinajstić information content (AvgIpc) is 3.01. The molecule has 0 atom stereocenters. The number of carbonyl (C=O) groups is 1. The molecule has 0 bridgehead atoms. The van der Waals surface area contributed by atoms with Gasteiger partial charge in [-0.2, -0.15) is 10.2 Å². The number of benzene rings is 1. The normalized spacial score (nSPS) is 10.3. The maximum Gasteiger partial charge on any atom is 0.227 e. The first-order valence-corrected chi connectivity index (χ1v) is 7.21. The molecule has 2 aromatic rings. The number of aryl methyl sites for hydroxylation is 2. The van der Waals surface area contributed by atoms with Crippen LogP contribution in [0.2, 0.25) is 0 Å². The highest BCUT2D eigenvalue weighted by molar-refractivity contribution is 5.76. The van der Waals surface area contributed by atoms with Crippen molar-refractivity contribution in [2.45, 2.75) is 26.2 Å². The third-order valence-electron chi connectivity index (χ3n) is 3.44. The number of nitrogens with zero attached hydrogens (tertiary/aromatic N) is 4. The third kappa shape index (κ3) is 4.36. The number of hydrogen-bond donors (Lipinski definition) is 0. The third-order valence-corrected chi connectivity index (χ3v) is 3.44. The largest absolute Gasteiger partial charge is 0.345 e. The van der Waals surface area contributed by atoms with Crippen molar-refractivity contribution < 1.29 is 13.7 Å². The lowest BCUT2D eigenvalue weighted by atomic mass is 10.1. The minimum Gasteiger partial charge on any atom is -0.345 e. The quantitative estimate of drug-likeness (QED) is 0.817. The molecule has 0 radical (unpaired) electrons. The van der Waals surface area contributed by atoms with E-state index < -0.39 is 0 Å². The maximum absolute atomic E-state index is 13.6. The molecule has 2 rings (SSSR count). The summed E-state index contributed by atoms with van der Waals surface area (Å²) in [4.78, 5) is 17.5. The van der Waals surface area contributed by atoms with Gasteiger partial charge in [-0.3, -0.25) is 4.79 Å². The molecule has 1 aromatic heterocycles. The molecule has 0 aliphatic carbocycles. The Morgan fingerprint density at radius 3 is 2.96 bits per heavy atom. The molecule has 6 nitrogen and oxygen atoms in total. The molecule has 7 heteroatoms. The van der Waals surface area contributed by atoms with E-state index in [9.17, 15) is 9.18 Å². The fourth-order valence-electron chi connectivity index (χ4n) is 1.95. The van der Waals surface area contributed by atoms with Crippen molar-refractivity contribution >= 4 is 5.91 Å².